The molecule has 0 aliphatic carbocycles. The molecule has 2 aromatic carbocycles. The number of aryl methyl sites for hydroxylation is 2. The summed E-state index contributed by atoms with van der Waals surface area (Å²) in [5.41, 5.74) is 2.99. The van der Waals surface area contributed by atoms with Crippen LogP contribution in [0.25, 0.3) is 5.76 Å². The van der Waals surface area contributed by atoms with Crippen LogP contribution in [0, 0.1) is 13.8 Å². The van der Waals surface area contributed by atoms with Crippen molar-refractivity contribution in [2.45, 2.75) is 66.0 Å². The van der Waals surface area contributed by atoms with Crippen LogP contribution in [0.4, 0.5) is 0 Å². The molecule has 0 bridgehead atoms. The number of unbranched alkanes of at least 4 members (excludes halogenated alkanes) is 2. The number of aliphatic hydroxyl groups excluding tert-OH is 1. The van der Waals surface area contributed by atoms with Gasteiger partial charge in [-0.2, -0.15) is 0 Å². The molecule has 1 amide bonds. The molecule has 0 aromatic heterocycles. The van der Waals surface area contributed by atoms with E-state index < -0.39 is 17.7 Å². The fourth-order valence-corrected chi connectivity index (χ4v) is 4.40. The number of carbonyl (C=O) groups is 2. The number of aliphatic hydroxyl groups is 1. The summed E-state index contributed by atoms with van der Waals surface area (Å²) in [6.45, 7) is 10.2. The minimum atomic E-state index is -0.660. The van der Waals surface area contributed by atoms with Crippen LogP contribution in [0.15, 0.2) is 42.0 Å². The molecule has 0 radical (unpaired) electrons. The maximum atomic E-state index is 13.2. The molecule has 3 rings (SSSR count). The van der Waals surface area contributed by atoms with Crippen molar-refractivity contribution in [3.05, 3.63) is 64.2 Å². The molecule has 0 spiro atoms. The van der Waals surface area contributed by atoms with Crippen LogP contribution in [-0.2, 0) is 9.59 Å². The third-order valence-corrected chi connectivity index (χ3v) is 6.11. The molecule has 1 unspecified atom stereocenters. The molecule has 1 aliphatic rings. The first-order chi connectivity index (χ1) is 16.2. The SMILES string of the molecule is CCCCCN1C(=O)C(=O)/C(=C(/O)c2cc(C)c(OC)cc2C)C1c1ccc(OC(C)C)cc1. The van der Waals surface area contributed by atoms with Gasteiger partial charge < -0.3 is 19.5 Å². The van der Waals surface area contributed by atoms with Gasteiger partial charge in [-0.25, -0.2) is 0 Å². The van der Waals surface area contributed by atoms with Gasteiger partial charge in [-0.15, -0.1) is 0 Å². The largest absolute Gasteiger partial charge is 0.507 e. The Labute approximate surface area is 202 Å². The topological polar surface area (TPSA) is 76.1 Å². The van der Waals surface area contributed by atoms with Gasteiger partial charge in [0.15, 0.2) is 0 Å². The Kier molecular flexibility index (Phi) is 8.02. The van der Waals surface area contributed by atoms with Crippen molar-refractivity contribution in [1.29, 1.82) is 0 Å². The van der Waals surface area contributed by atoms with E-state index in [1.54, 1.807) is 18.1 Å². The number of ether oxygens (including phenoxy) is 2. The molecule has 6 nitrogen and oxygen atoms in total. The summed E-state index contributed by atoms with van der Waals surface area (Å²) in [6.07, 6.45) is 2.77. The van der Waals surface area contributed by atoms with E-state index in [4.69, 9.17) is 9.47 Å². The quantitative estimate of drug-likeness (QED) is 0.222. The van der Waals surface area contributed by atoms with Crippen LogP contribution in [0.2, 0.25) is 0 Å². The molecular weight excluding hydrogens is 430 g/mol. The van der Waals surface area contributed by atoms with E-state index in [-0.39, 0.29) is 17.4 Å². The van der Waals surface area contributed by atoms with Crippen molar-refractivity contribution >= 4 is 17.4 Å². The Hall–Kier alpha value is -3.28. The van der Waals surface area contributed by atoms with E-state index in [2.05, 4.69) is 6.92 Å². The van der Waals surface area contributed by atoms with Crippen LogP contribution in [-0.4, -0.2) is 41.5 Å². The predicted octanol–water partition coefficient (Wildman–Crippen LogP) is 5.71. The average molecular weight is 466 g/mol. The van der Waals surface area contributed by atoms with Crippen molar-refractivity contribution < 1.29 is 24.2 Å². The number of benzene rings is 2. The van der Waals surface area contributed by atoms with Gasteiger partial charge >= 0.3 is 0 Å². The average Bonchev–Trinajstić information content (AvgIpc) is 3.05. The number of ketones is 1. The number of hydrogen-bond donors (Lipinski definition) is 1. The highest BCUT2D eigenvalue weighted by Gasteiger charge is 2.45. The lowest BCUT2D eigenvalue weighted by atomic mass is 9.93. The van der Waals surface area contributed by atoms with Gasteiger partial charge in [0.25, 0.3) is 11.7 Å². The number of amides is 1. The molecule has 1 saturated heterocycles. The molecule has 1 heterocycles. The zero-order chi connectivity index (χ0) is 25.0. The summed E-state index contributed by atoms with van der Waals surface area (Å²) in [7, 11) is 1.59. The smallest absolute Gasteiger partial charge is 0.295 e. The summed E-state index contributed by atoms with van der Waals surface area (Å²) < 4.78 is 11.1. The number of nitrogens with zero attached hydrogens (tertiary/aromatic N) is 1. The standard InChI is InChI=1S/C28H35NO5/c1-7-8-9-14-29-25(20-10-12-21(13-11-20)34-17(2)3)24(27(31)28(29)32)26(30)22-15-19(5)23(33-6)16-18(22)4/h10-13,15-17,25,30H,7-9,14H2,1-6H3/b26-24+. The summed E-state index contributed by atoms with van der Waals surface area (Å²) in [5, 5.41) is 11.4. The van der Waals surface area contributed by atoms with Crippen molar-refractivity contribution in [2.24, 2.45) is 0 Å². The van der Waals surface area contributed by atoms with Gasteiger partial charge in [0, 0.05) is 12.1 Å². The molecule has 1 aliphatic heterocycles. The first-order valence-electron chi connectivity index (χ1n) is 11.9. The number of rotatable bonds is 9. The summed E-state index contributed by atoms with van der Waals surface area (Å²) >= 11 is 0. The summed E-state index contributed by atoms with van der Waals surface area (Å²) in [5.74, 6) is 0.0178. The minimum Gasteiger partial charge on any atom is -0.507 e. The molecule has 2 aromatic rings. The monoisotopic (exact) mass is 465 g/mol. The number of methoxy groups -OCH3 is 1. The van der Waals surface area contributed by atoms with Gasteiger partial charge in [0.1, 0.15) is 17.3 Å². The highest BCUT2D eigenvalue weighted by Crippen LogP contribution is 2.41. The maximum absolute atomic E-state index is 13.2. The van der Waals surface area contributed by atoms with Crippen LogP contribution < -0.4 is 9.47 Å². The maximum Gasteiger partial charge on any atom is 0.295 e. The predicted molar refractivity (Wildman–Crippen MR) is 133 cm³/mol. The number of carbonyl (C=O) groups excluding carboxylic acids is 2. The third-order valence-electron chi connectivity index (χ3n) is 6.11. The number of likely N-dealkylation sites (tertiary alicyclic amines) is 1. The molecule has 1 atom stereocenters. The molecule has 1 N–H and O–H groups in total. The number of hydrogen-bond acceptors (Lipinski definition) is 5. The highest BCUT2D eigenvalue weighted by atomic mass is 16.5. The Morgan fingerprint density at radius 1 is 1.06 bits per heavy atom. The lowest BCUT2D eigenvalue weighted by Crippen LogP contribution is -2.30. The molecule has 34 heavy (non-hydrogen) atoms. The van der Waals surface area contributed by atoms with E-state index >= 15 is 0 Å². The first kappa shape index (κ1) is 25.3. The molecule has 182 valence electrons. The van der Waals surface area contributed by atoms with Gasteiger partial charge in [-0.3, -0.25) is 9.59 Å². The highest BCUT2D eigenvalue weighted by molar-refractivity contribution is 6.46. The van der Waals surface area contributed by atoms with Gasteiger partial charge in [-0.05, 0) is 75.1 Å². The van der Waals surface area contributed by atoms with Crippen molar-refractivity contribution in [3.63, 3.8) is 0 Å². The molecule has 0 saturated carbocycles. The third kappa shape index (κ3) is 5.11. The van der Waals surface area contributed by atoms with Gasteiger partial charge in [0.2, 0.25) is 0 Å². The van der Waals surface area contributed by atoms with Gasteiger partial charge in [0.05, 0.1) is 24.8 Å². The van der Waals surface area contributed by atoms with E-state index in [1.807, 2.05) is 58.0 Å². The second-order valence-corrected chi connectivity index (χ2v) is 9.07. The first-order valence-corrected chi connectivity index (χ1v) is 11.9. The lowest BCUT2D eigenvalue weighted by molar-refractivity contribution is -0.139. The van der Waals surface area contributed by atoms with Crippen molar-refractivity contribution in [1.82, 2.24) is 4.90 Å². The van der Waals surface area contributed by atoms with E-state index in [0.717, 1.165) is 36.0 Å². The fraction of sp³-hybridized carbons (Fsp3) is 0.429. The van der Waals surface area contributed by atoms with Crippen LogP contribution in [0.1, 0.15) is 68.3 Å². The lowest BCUT2D eigenvalue weighted by Gasteiger charge is -2.26. The zero-order valence-electron chi connectivity index (χ0n) is 21.0. The van der Waals surface area contributed by atoms with E-state index in [1.165, 1.54) is 0 Å². The molecular formula is C28H35NO5. The number of Topliss-reactive ketones (excluding diaryl/α,β-unsaturated/α-hetero) is 1. The Balaban J connectivity index is 2.13. The van der Waals surface area contributed by atoms with Crippen LogP contribution in [0.5, 0.6) is 11.5 Å². The Morgan fingerprint density at radius 3 is 2.32 bits per heavy atom. The van der Waals surface area contributed by atoms with Crippen LogP contribution >= 0.6 is 0 Å². The van der Waals surface area contributed by atoms with Crippen LogP contribution in [0.3, 0.4) is 0 Å². The van der Waals surface area contributed by atoms with E-state index in [0.29, 0.717) is 23.6 Å². The Morgan fingerprint density at radius 2 is 1.74 bits per heavy atom. The second kappa shape index (κ2) is 10.8. The minimum absolute atomic E-state index is 0.0341. The van der Waals surface area contributed by atoms with Gasteiger partial charge in [-0.1, -0.05) is 31.9 Å². The molecule has 6 heteroatoms. The van der Waals surface area contributed by atoms with Crippen molar-refractivity contribution in [3.8, 4) is 11.5 Å². The van der Waals surface area contributed by atoms with E-state index in [9.17, 15) is 14.7 Å². The Bertz CT molecular complexity index is 1080. The normalized spacial score (nSPS) is 17.5. The molecule has 1 fully saturated rings. The summed E-state index contributed by atoms with van der Waals surface area (Å²) in [4.78, 5) is 27.9. The van der Waals surface area contributed by atoms with Crippen molar-refractivity contribution in [2.75, 3.05) is 13.7 Å². The fourth-order valence-electron chi connectivity index (χ4n) is 4.40. The second-order valence-electron chi connectivity index (χ2n) is 9.07. The summed E-state index contributed by atoms with van der Waals surface area (Å²) in [6, 6.07) is 10.4. The zero-order valence-corrected chi connectivity index (χ0v) is 21.0.